The maximum Gasteiger partial charge on any atom is 0.339 e. The Balaban J connectivity index is 2.25. The van der Waals surface area contributed by atoms with Crippen LogP contribution in [0.5, 0.6) is 11.5 Å². The molecule has 22 heavy (non-hydrogen) atoms. The van der Waals surface area contributed by atoms with Crippen LogP contribution in [0.4, 0.5) is 0 Å². The van der Waals surface area contributed by atoms with Crippen molar-refractivity contribution in [3.8, 4) is 11.5 Å². The standard InChI is InChI=1S/C15H14BrNO5/c1-22-15(21)10-7-11(16)14(20)17(8-10)5-4-9-2-3-12(18)13(19)6-9/h2-3,6-8,18-19H,4-5H2,1H3. The lowest BCUT2D eigenvalue weighted by molar-refractivity contribution is 0.0599. The molecule has 6 nitrogen and oxygen atoms in total. The number of nitrogens with zero attached hydrogens (tertiary/aromatic N) is 1. The highest BCUT2D eigenvalue weighted by atomic mass is 79.9. The highest BCUT2D eigenvalue weighted by molar-refractivity contribution is 9.10. The second-order valence-electron chi connectivity index (χ2n) is 4.64. The molecule has 1 aromatic heterocycles. The van der Waals surface area contributed by atoms with Crippen LogP contribution in [-0.2, 0) is 17.7 Å². The number of phenols is 2. The van der Waals surface area contributed by atoms with Gasteiger partial charge in [-0.15, -0.1) is 0 Å². The summed E-state index contributed by atoms with van der Waals surface area (Å²) in [7, 11) is 1.27. The molecule has 0 atom stereocenters. The minimum absolute atomic E-state index is 0.198. The Morgan fingerprint density at radius 2 is 2.00 bits per heavy atom. The Labute approximate surface area is 134 Å². The highest BCUT2D eigenvalue weighted by Crippen LogP contribution is 2.25. The SMILES string of the molecule is COC(=O)c1cc(Br)c(=O)n(CCc2ccc(O)c(O)c2)c1. The highest BCUT2D eigenvalue weighted by Gasteiger charge is 2.11. The number of benzene rings is 1. The average molecular weight is 368 g/mol. The van der Waals surface area contributed by atoms with Crippen LogP contribution in [0.25, 0.3) is 0 Å². The molecule has 0 amide bonds. The Hall–Kier alpha value is -2.28. The van der Waals surface area contributed by atoms with Gasteiger partial charge in [0.25, 0.3) is 5.56 Å². The summed E-state index contributed by atoms with van der Waals surface area (Å²) in [5.74, 6) is -0.942. The minimum atomic E-state index is -0.531. The van der Waals surface area contributed by atoms with E-state index in [4.69, 9.17) is 0 Å². The summed E-state index contributed by atoms with van der Waals surface area (Å²) < 4.78 is 6.30. The summed E-state index contributed by atoms with van der Waals surface area (Å²) in [6, 6.07) is 5.88. The van der Waals surface area contributed by atoms with Crippen molar-refractivity contribution in [1.82, 2.24) is 4.57 Å². The fraction of sp³-hybridized carbons (Fsp3) is 0.200. The smallest absolute Gasteiger partial charge is 0.339 e. The van der Waals surface area contributed by atoms with Gasteiger partial charge >= 0.3 is 5.97 Å². The molecule has 0 unspecified atom stereocenters. The van der Waals surface area contributed by atoms with Crippen LogP contribution in [-0.4, -0.2) is 27.9 Å². The van der Waals surface area contributed by atoms with Crippen LogP contribution in [0, 0.1) is 0 Å². The number of phenolic OH excluding ortho intramolecular Hbond substituents is 2. The van der Waals surface area contributed by atoms with E-state index in [0.717, 1.165) is 5.56 Å². The number of esters is 1. The molecule has 0 radical (unpaired) electrons. The summed E-state index contributed by atoms with van der Waals surface area (Å²) in [5.41, 5.74) is 0.750. The molecule has 0 aliphatic rings. The fourth-order valence-corrected chi connectivity index (χ4v) is 2.44. The van der Waals surface area contributed by atoms with E-state index in [0.29, 0.717) is 13.0 Å². The normalized spacial score (nSPS) is 10.5. The molecule has 2 aromatic rings. The van der Waals surface area contributed by atoms with Crippen molar-refractivity contribution in [2.75, 3.05) is 7.11 Å². The quantitative estimate of drug-likeness (QED) is 0.637. The molecule has 1 heterocycles. The van der Waals surface area contributed by atoms with E-state index in [-0.39, 0.29) is 27.1 Å². The van der Waals surface area contributed by atoms with Crippen LogP contribution in [0.15, 0.2) is 39.7 Å². The molecule has 0 saturated carbocycles. The Bertz CT molecular complexity index is 769. The number of aromatic nitrogens is 1. The molecular weight excluding hydrogens is 354 g/mol. The van der Waals surface area contributed by atoms with Gasteiger partial charge in [0.15, 0.2) is 11.5 Å². The Morgan fingerprint density at radius 3 is 2.64 bits per heavy atom. The lowest BCUT2D eigenvalue weighted by Crippen LogP contribution is -2.23. The van der Waals surface area contributed by atoms with Gasteiger partial charge in [-0.1, -0.05) is 6.07 Å². The van der Waals surface area contributed by atoms with Gasteiger partial charge in [-0.3, -0.25) is 4.79 Å². The number of carbonyl (C=O) groups is 1. The Morgan fingerprint density at radius 1 is 1.27 bits per heavy atom. The second-order valence-corrected chi connectivity index (χ2v) is 5.49. The first-order valence-corrected chi connectivity index (χ1v) is 7.21. The number of pyridine rings is 1. The van der Waals surface area contributed by atoms with E-state index in [1.54, 1.807) is 6.07 Å². The van der Waals surface area contributed by atoms with Gasteiger partial charge in [0.1, 0.15) is 0 Å². The molecule has 0 fully saturated rings. The zero-order valence-electron chi connectivity index (χ0n) is 11.7. The van der Waals surface area contributed by atoms with Crippen LogP contribution >= 0.6 is 15.9 Å². The monoisotopic (exact) mass is 367 g/mol. The van der Waals surface area contributed by atoms with Crippen LogP contribution in [0.1, 0.15) is 15.9 Å². The molecule has 2 rings (SSSR count). The van der Waals surface area contributed by atoms with E-state index in [1.165, 1.54) is 36.1 Å². The van der Waals surface area contributed by atoms with E-state index >= 15 is 0 Å². The first-order valence-electron chi connectivity index (χ1n) is 6.41. The topological polar surface area (TPSA) is 88.8 Å². The third kappa shape index (κ3) is 3.48. The largest absolute Gasteiger partial charge is 0.504 e. The maximum absolute atomic E-state index is 12.0. The number of ether oxygens (including phenoxy) is 1. The molecule has 0 aliphatic carbocycles. The number of aromatic hydroxyl groups is 2. The van der Waals surface area contributed by atoms with Gasteiger partial charge < -0.3 is 19.5 Å². The fourth-order valence-electron chi connectivity index (χ4n) is 1.97. The van der Waals surface area contributed by atoms with Crippen molar-refractivity contribution < 1.29 is 19.7 Å². The summed E-state index contributed by atoms with van der Waals surface area (Å²) in [5, 5.41) is 18.7. The van der Waals surface area contributed by atoms with Gasteiger partial charge in [-0.2, -0.15) is 0 Å². The summed E-state index contributed by atoms with van der Waals surface area (Å²) >= 11 is 3.13. The lowest BCUT2D eigenvalue weighted by atomic mass is 10.1. The number of hydrogen-bond donors (Lipinski definition) is 2. The van der Waals surface area contributed by atoms with Gasteiger partial charge in [-0.05, 0) is 46.1 Å². The summed E-state index contributed by atoms with van der Waals surface area (Å²) in [6.07, 6.45) is 1.88. The van der Waals surface area contributed by atoms with Crippen molar-refractivity contribution in [3.63, 3.8) is 0 Å². The number of halogens is 1. The molecule has 116 valence electrons. The van der Waals surface area contributed by atoms with Gasteiger partial charge in [-0.25, -0.2) is 4.79 Å². The number of carbonyl (C=O) groups excluding carboxylic acids is 1. The first kappa shape index (κ1) is 16.1. The van der Waals surface area contributed by atoms with Gasteiger partial charge in [0.2, 0.25) is 0 Å². The molecule has 7 heteroatoms. The molecule has 2 N–H and O–H groups in total. The van der Waals surface area contributed by atoms with Crippen molar-refractivity contribution in [1.29, 1.82) is 0 Å². The summed E-state index contributed by atoms with van der Waals surface area (Å²) in [4.78, 5) is 23.6. The van der Waals surface area contributed by atoms with E-state index in [2.05, 4.69) is 20.7 Å². The van der Waals surface area contributed by atoms with Crippen LogP contribution in [0.2, 0.25) is 0 Å². The Kier molecular flexibility index (Phi) is 4.87. The van der Waals surface area contributed by atoms with Crippen molar-refractivity contribution in [2.24, 2.45) is 0 Å². The van der Waals surface area contributed by atoms with Gasteiger partial charge in [0.05, 0.1) is 17.1 Å². The van der Waals surface area contributed by atoms with Crippen molar-refractivity contribution >= 4 is 21.9 Å². The van der Waals surface area contributed by atoms with E-state index in [1.807, 2.05) is 0 Å². The zero-order valence-corrected chi connectivity index (χ0v) is 13.3. The molecule has 0 saturated heterocycles. The average Bonchev–Trinajstić information content (AvgIpc) is 2.51. The second kappa shape index (κ2) is 6.65. The number of rotatable bonds is 4. The zero-order chi connectivity index (χ0) is 16.3. The van der Waals surface area contributed by atoms with Crippen molar-refractivity contribution in [3.05, 3.63) is 56.4 Å². The van der Waals surface area contributed by atoms with E-state index in [9.17, 15) is 19.8 Å². The van der Waals surface area contributed by atoms with Crippen LogP contribution in [0.3, 0.4) is 0 Å². The van der Waals surface area contributed by atoms with Crippen molar-refractivity contribution in [2.45, 2.75) is 13.0 Å². The number of aryl methyl sites for hydroxylation is 2. The number of methoxy groups -OCH3 is 1. The molecule has 1 aromatic carbocycles. The summed E-state index contributed by atoms with van der Waals surface area (Å²) in [6.45, 7) is 0.312. The minimum Gasteiger partial charge on any atom is -0.504 e. The first-order chi connectivity index (χ1) is 10.4. The lowest BCUT2D eigenvalue weighted by Gasteiger charge is -2.09. The predicted molar refractivity (Wildman–Crippen MR) is 83.2 cm³/mol. The predicted octanol–water partition coefficient (Wildman–Crippen LogP) is 2.05. The molecule has 0 aliphatic heterocycles. The molecule has 0 spiro atoms. The van der Waals surface area contributed by atoms with Gasteiger partial charge in [0, 0.05) is 12.7 Å². The molecular formula is C15H14BrNO5. The van der Waals surface area contributed by atoms with E-state index < -0.39 is 5.97 Å². The number of hydrogen-bond acceptors (Lipinski definition) is 5. The third-order valence-corrected chi connectivity index (χ3v) is 3.71. The maximum atomic E-state index is 12.0. The molecule has 0 bridgehead atoms. The third-order valence-electron chi connectivity index (χ3n) is 3.14. The van der Waals surface area contributed by atoms with Crippen LogP contribution < -0.4 is 5.56 Å².